The minimum absolute atomic E-state index is 0.113. The molecule has 2 rings (SSSR count). The molecular weight excluding hydrogens is 246 g/mol. The highest BCUT2D eigenvalue weighted by Crippen LogP contribution is 2.25. The van der Waals surface area contributed by atoms with Crippen molar-refractivity contribution in [1.29, 1.82) is 0 Å². The van der Waals surface area contributed by atoms with Crippen LogP contribution in [0.4, 0.5) is 5.69 Å². The van der Waals surface area contributed by atoms with E-state index in [-0.39, 0.29) is 23.2 Å². The van der Waals surface area contributed by atoms with Crippen LogP contribution in [0.2, 0.25) is 0 Å². The number of hydrogen-bond donors (Lipinski definition) is 1. The van der Waals surface area contributed by atoms with Gasteiger partial charge in [-0.15, -0.1) is 0 Å². The van der Waals surface area contributed by atoms with Crippen LogP contribution in [0.3, 0.4) is 0 Å². The SMILES string of the molecule is CNC1CCN(C(=O)c2c(C)cccc2[N+](=O)[O-])C1. The van der Waals surface area contributed by atoms with Crippen molar-refractivity contribution in [2.24, 2.45) is 0 Å². The second-order valence-corrected chi connectivity index (χ2v) is 4.75. The molecule has 1 aromatic rings. The quantitative estimate of drug-likeness (QED) is 0.659. The molecule has 0 radical (unpaired) electrons. The third-order valence-corrected chi connectivity index (χ3v) is 3.55. The van der Waals surface area contributed by atoms with Crippen LogP contribution in [0, 0.1) is 17.0 Å². The molecule has 1 aliphatic heterocycles. The van der Waals surface area contributed by atoms with Crippen molar-refractivity contribution in [3.63, 3.8) is 0 Å². The van der Waals surface area contributed by atoms with Gasteiger partial charge in [0.05, 0.1) is 4.92 Å². The van der Waals surface area contributed by atoms with Gasteiger partial charge in [0.25, 0.3) is 11.6 Å². The van der Waals surface area contributed by atoms with Gasteiger partial charge in [-0.1, -0.05) is 12.1 Å². The molecule has 1 fully saturated rings. The summed E-state index contributed by atoms with van der Waals surface area (Å²) in [5.41, 5.74) is 0.745. The Labute approximate surface area is 111 Å². The first-order valence-electron chi connectivity index (χ1n) is 6.25. The van der Waals surface area contributed by atoms with Gasteiger partial charge in [-0.25, -0.2) is 0 Å². The van der Waals surface area contributed by atoms with E-state index in [1.165, 1.54) is 6.07 Å². The number of nitrogens with one attached hydrogen (secondary N) is 1. The molecule has 0 aliphatic carbocycles. The molecule has 1 unspecified atom stereocenters. The zero-order chi connectivity index (χ0) is 14.0. The van der Waals surface area contributed by atoms with Crippen molar-refractivity contribution in [3.05, 3.63) is 39.4 Å². The van der Waals surface area contributed by atoms with Gasteiger partial charge in [0.15, 0.2) is 0 Å². The smallest absolute Gasteiger partial charge is 0.282 e. The van der Waals surface area contributed by atoms with Crippen molar-refractivity contribution in [1.82, 2.24) is 10.2 Å². The van der Waals surface area contributed by atoms with E-state index in [1.54, 1.807) is 24.0 Å². The Morgan fingerprint density at radius 2 is 2.26 bits per heavy atom. The van der Waals surface area contributed by atoms with E-state index in [4.69, 9.17) is 0 Å². The van der Waals surface area contributed by atoms with E-state index in [0.29, 0.717) is 18.7 Å². The lowest BCUT2D eigenvalue weighted by atomic mass is 10.1. The first-order valence-corrected chi connectivity index (χ1v) is 6.25. The molecule has 0 spiro atoms. The molecular formula is C13H17N3O3. The maximum absolute atomic E-state index is 12.4. The third kappa shape index (κ3) is 2.58. The van der Waals surface area contributed by atoms with Gasteiger partial charge in [-0.2, -0.15) is 0 Å². The lowest BCUT2D eigenvalue weighted by Gasteiger charge is -2.17. The highest BCUT2D eigenvalue weighted by Gasteiger charge is 2.31. The summed E-state index contributed by atoms with van der Waals surface area (Å²) < 4.78 is 0. The van der Waals surface area contributed by atoms with Crippen LogP contribution in [0.25, 0.3) is 0 Å². The average molecular weight is 263 g/mol. The number of carbonyl (C=O) groups is 1. The monoisotopic (exact) mass is 263 g/mol. The first kappa shape index (κ1) is 13.5. The Morgan fingerprint density at radius 1 is 1.53 bits per heavy atom. The molecule has 1 heterocycles. The number of amides is 1. The summed E-state index contributed by atoms with van der Waals surface area (Å²) in [6, 6.07) is 4.98. The lowest BCUT2D eigenvalue weighted by Crippen LogP contribution is -2.34. The number of benzene rings is 1. The Morgan fingerprint density at radius 3 is 2.84 bits per heavy atom. The van der Waals surface area contributed by atoms with Crippen LogP contribution in [-0.2, 0) is 0 Å². The normalized spacial score (nSPS) is 18.6. The standard InChI is InChI=1S/C13H17N3O3/c1-9-4-3-5-11(16(18)19)12(9)13(17)15-7-6-10(8-15)14-2/h3-5,10,14H,6-8H2,1-2H3. The zero-order valence-corrected chi connectivity index (χ0v) is 11.0. The van der Waals surface area contributed by atoms with Crippen LogP contribution in [0.15, 0.2) is 18.2 Å². The summed E-state index contributed by atoms with van der Waals surface area (Å²) in [5.74, 6) is -0.248. The number of nitrogens with zero attached hydrogens (tertiary/aromatic N) is 2. The van der Waals surface area contributed by atoms with E-state index in [2.05, 4.69) is 5.32 Å². The van der Waals surface area contributed by atoms with Crippen LogP contribution in [-0.4, -0.2) is 41.9 Å². The summed E-state index contributed by atoms with van der Waals surface area (Å²) in [5, 5.41) is 14.2. The molecule has 1 N–H and O–H groups in total. The number of aryl methyl sites for hydroxylation is 1. The lowest BCUT2D eigenvalue weighted by molar-refractivity contribution is -0.385. The fourth-order valence-corrected chi connectivity index (χ4v) is 2.42. The third-order valence-electron chi connectivity index (χ3n) is 3.55. The number of carbonyl (C=O) groups excluding carboxylic acids is 1. The molecule has 1 amide bonds. The van der Waals surface area contributed by atoms with Crippen molar-refractivity contribution in [2.75, 3.05) is 20.1 Å². The summed E-state index contributed by atoms with van der Waals surface area (Å²) >= 11 is 0. The maximum Gasteiger partial charge on any atom is 0.282 e. The Hall–Kier alpha value is -1.95. The topological polar surface area (TPSA) is 75.5 Å². The largest absolute Gasteiger partial charge is 0.337 e. The van der Waals surface area contributed by atoms with E-state index in [1.807, 2.05) is 7.05 Å². The van der Waals surface area contributed by atoms with Crippen molar-refractivity contribution >= 4 is 11.6 Å². The predicted octanol–water partition coefficient (Wildman–Crippen LogP) is 1.34. The molecule has 1 atom stereocenters. The highest BCUT2D eigenvalue weighted by molar-refractivity contribution is 5.99. The fraction of sp³-hybridized carbons (Fsp3) is 0.462. The number of rotatable bonds is 3. The first-order chi connectivity index (χ1) is 9.04. The zero-order valence-electron chi connectivity index (χ0n) is 11.0. The van der Waals surface area contributed by atoms with E-state index in [0.717, 1.165) is 6.42 Å². The minimum atomic E-state index is -0.494. The Balaban J connectivity index is 2.31. The van der Waals surface area contributed by atoms with Gasteiger partial charge in [-0.05, 0) is 26.0 Å². The fourth-order valence-electron chi connectivity index (χ4n) is 2.42. The van der Waals surface area contributed by atoms with Crippen molar-refractivity contribution in [3.8, 4) is 0 Å². The summed E-state index contributed by atoms with van der Waals surface area (Å²) in [7, 11) is 1.86. The number of nitro benzene ring substituents is 1. The minimum Gasteiger partial charge on any atom is -0.337 e. The van der Waals surface area contributed by atoms with Crippen LogP contribution >= 0.6 is 0 Å². The molecule has 102 valence electrons. The van der Waals surface area contributed by atoms with Gasteiger partial charge < -0.3 is 10.2 Å². The van der Waals surface area contributed by atoms with Gasteiger partial charge in [0.2, 0.25) is 0 Å². The average Bonchev–Trinajstić information content (AvgIpc) is 2.86. The summed E-state index contributed by atoms with van der Waals surface area (Å²) in [6.07, 6.45) is 0.877. The molecule has 0 aromatic heterocycles. The number of nitro groups is 1. The second kappa shape index (κ2) is 5.36. The number of hydrogen-bond acceptors (Lipinski definition) is 4. The molecule has 0 saturated carbocycles. The molecule has 6 heteroatoms. The van der Waals surface area contributed by atoms with Crippen LogP contribution < -0.4 is 5.32 Å². The molecule has 1 aliphatic rings. The summed E-state index contributed by atoms with van der Waals surface area (Å²) in [4.78, 5) is 24.7. The number of likely N-dealkylation sites (tertiary alicyclic amines) is 1. The van der Waals surface area contributed by atoms with E-state index >= 15 is 0 Å². The molecule has 1 aromatic carbocycles. The van der Waals surface area contributed by atoms with E-state index in [9.17, 15) is 14.9 Å². The second-order valence-electron chi connectivity index (χ2n) is 4.75. The predicted molar refractivity (Wildman–Crippen MR) is 71.2 cm³/mol. The maximum atomic E-state index is 12.4. The molecule has 19 heavy (non-hydrogen) atoms. The molecule has 6 nitrogen and oxygen atoms in total. The van der Waals surface area contributed by atoms with Gasteiger partial charge in [0.1, 0.15) is 5.56 Å². The van der Waals surface area contributed by atoms with Crippen LogP contribution in [0.1, 0.15) is 22.3 Å². The van der Waals surface area contributed by atoms with Gasteiger partial charge >= 0.3 is 0 Å². The number of likely N-dealkylation sites (N-methyl/N-ethyl adjacent to an activating group) is 1. The summed E-state index contributed by atoms with van der Waals surface area (Å²) in [6.45, 7) is 2.96. The van der Waals surface area contributed by atoms with Crippen LogP contribution in [0.5, 0.6) is 0 Å². The Kier molecular flexibility index (Phi) is 3.80. The Bertz CT molecular complexity index is 516. The van der Waals surface area contributed by atoms with Gasteiger partial charge in [-0.3, -0.25) is 14.9 Å². The van der Waals surface area contributed by atoms with Crippen molar-refractivity contribution < 1.29 is 9.72 Å². The molecule has 0 bridgehead atoms. The van der Waals surface area contributed by atoms with E-state index < -0.39 is 4.92 Å². The van der Waals surface area contributed by atoms with Crippen molar-refractivity contribution in [2.45, 2.75) is 19.4 Å². The molecule has 1 saturated heterocycles. The van der Waals surface area contributed by atoms with Gasteiger partial charge in [0, 0.05) is 25.2 Å². The highest BCUT2D eigenvalue weighted by atomic mass is 16.6.